The minimum absolute atomic E-state index is 0.0193. The summed E-state index contributed by atoms with van der Waals surface area (Å²) in [6.07, 6.45) is -1.27. The SMILES string of the molecule is COc1ccc(N(CCC(C)C)S(=O)(=O)C2CC3OC2C(c2ccc(O)cc2F)=C3c2ccc(O)cc2F)cc1. The third-order valence-electron chi connectivity index (χ3n) is 7.44. The summed E-state index contributed by atoms with van der Waals surface area (Å²) >= 11 is 0. The van der Waals surface area contributed by atoms with Crippen LogP contribution in [0.25, 0.3) is 11.1 Å². The normalized spacial score (nSPS) is 20.4. The van der Waals surface area contributed by atoms with E-state index in [1.807, 2.05) is 13.8 Å². The first-order valence-electron chi connectivity index (χ1n) is 13.0. The minimum atomic E-state index is -4.06. The van der Waals surface area contributed by atoms with Crippen molar-refractivity contribution in [3.05, 3.63) is 83.4 Å². The molecule has 2 aliphatic rings. The molecule has 0 amide bonds. The van der Waals surface area contributed by atoms with Crippen molar-refractivity contribution in [3.8, 4) is 17.2 Å². The zero-order valence-electron chi connectivity index (χ0n) is 22.3. The molecule has 0 aromatic heterocycles. The third-order valence-corrected chi connectivity index (χ3v) is 9.65. The molecule has 2 aliphatic heterocycles. The smallest absolute Gasteiger partial charge is 0.241 e. The van der Waals surface area contributed by atoms with E-state index in [9.17, 15) is 18.6 Å². The zero-order valence-corrected chi connectivity index (χ0v) is 23.2. The van der Waals surface area contributed by atoms with Crippen LogP contribution in [0.3, 0.4) is 0 Å². The summed E-state index contributed by atoms with van der Waals surface area (Å²) in [4.78, 5) is 0. The highest BCUT2D eigenvalue weighted by atomic mass is 32.2. The maximum Gasteiger partial charge on any atom is 0.241 e. The van der Waals surface area contributed by atoms with E-state index in [1.165, 1.54) is 35.7 Å². The highest BCUT2D eigenvalue weighted by molar-refractivity contribution is 7.93. The Hall–Kier alpha value is -3.63. The summed E-state index contributed by atoms with van der Waals surface area (Å²) in [5.74, 6) is -1.28. The molecule has 7 nitrogen and oxygen atoms in total. The number of phenols is 2. The summed E-state index contributed by atoms with van der Waals surface area (Å²) in [5.41, 5.74) is 1.12. The number of sulfonamides is 1. The van der Waals surface area contributed by atoms with Gasteiger partial charge in [0.1, 0.15) is 40.2 Å². The summed E-state index contributed by atoms with van der Waals surface area (Å²) in [6, 6.07) is 13.9. The number of rotatable bonds is 9. The maximum atomic E-state index is 15.3. The molecule has 2 heterocycles. The number of phenolic OH excluding ortho intramolecular Hbond substituents is 2. The summed E-state index contributed by atoms with van der Waals surface area (Å²) < 4.78 is 71.7. The predicted octanol–water partition coefficient (Wildman–Crippen LogP) is 5.72. The molecule has 212 valence electrons. The topological polar surface area (TPSA) is 96.3 Å². The molecule has 3 atom stereocenters. The van der Waals surface area contributed by atoms with Gasteiger partial charge in [-0.1, -0.05) is 13.8 Å². The molecule has 0 saturated carbocycles. The van der Waals surface area contributed by atoms with Gasteiger partial charge in [0, 0.05) is 29.8 Å². The number of nitrogens with zero attached hydrogens (tertiary/aromatic N) is 1. The van der Waals surface area contributed by atoms with Crippen molar-refractivity contribution in [2.45, 2.75) is 44.1 Å². The monoisotopic (exact) mass is 571 g/mol. The highest BCUT2D eigenvalue weighted by Gasteiger charge is 2.55. The molecule has 0 radical (unpaired) electrons. The lowest BCUT2D eigenvalue weighted by atomic mass is 9.83. The van der Waals surface area contributed by atoms with Crippen LogP contribution in [0.5, 0.6) is 17.2 Å². The lowest BCUT2D eigenvalue weighted by Gasteiger charge is -2.32. The lowest BCUT2D eigenvalue weighted by molar-refractivity contribution is 0.128. The lowest BCUT2D eigenvalue weighted by Crippen LogP contribution is -2.44. The van der Waals surface area contributed by atoms with Gasteiger partial charge in [-0.05, 0) is 78.4 Å². The van der Waals surface area contributed by atoms with E-state index in [2.05, 4.69) is 0 Å². The highest BCUT2D eigenvalue weighted by Crippen LogP contribution is 2.52. The number of anilines is 1. The fourth-order valence-corrected chi connectivity index (χ4v) is 7.48. The van der Waals surface area contributed by atoms with Gasteiger partial charge in [-0.25, -0.2) is 17.2 Å². The third kappa shape index (κ3) is 5.01. The Morgan fingerprint density at radius 1 is 0.950 bits per heavy atom. The van der Waals surface area contributed by atoms with Crippen LogP contribution in [0.2, 0.25) is 0 Å². The van der Waals surface area contributed by atoms with Crippen molar-refractivity contribution < 1.29 is 36.9 Å². The van der Waals surface area contributed by atoms with Crippen LogP contribution >= 0.6 is 0 Å². The predicted molar refractivity (Wildman–Crippen MR) is 149 cm³/mol. The Balaban J connectivity index is 1.62. The molecule has 1 fully saturated rings. The summed E-state index contributed by atoms with van der Waals surface area (Å²) in [6.45, 7) is 4.24. The number of hydrogen-bond acceptors (Lipinski definition) is 6. The van der Waals surface area contributed by atoms with E-state index in [1.54, 1.807) is 24.3 Å². The van der Waals surface area contributed by atoms with E-state index >= 15 is 8.78 Å². The average Bonchev–Trinajstić information content (AvgIpc) is 3.49. The molecule has 3 aromatic rings. The number of aromatic hydroxyl groups is 2. The summed E-state index contributed by atoms with van der Waals surface area (Å²) in [5, 5.41) is 18.5. The van der Waals surface area contributed by atoms with E-state index in [0.29, 0.717) is 23.4 Å². The molecular weight excluding hydrogens is 540 g/mol. The zero-order chi connectivity index (χ0) is 28.8. The number of fused-ring (bicyclic) bond motifs is 2. The van der Waals surface area contributed by atoms with Crippen LogP contribution in [0.4, 0.5) is 14.5 Å². The summed E-state index contributed by atoms with van der Waals surface area (Å²) in [7, 11) is -2.53. The van der Waals surface area contributed by atoms with E-state index in [-0.39, 0.29) is 47.1 Å². The standard InChI is InChI=1S/C30H31F2NO6S/c1-17(2)12-13-33(18-4-8-21(38-3)9-5-18)40(36,37)27-16-26-28(22-10-6-19(34)14-24(22)31)29(30(27)39-26)23-11-7-20(35)15-25(23)32/h4-11,14-15,17,26-27,30,34-35H,12-13,16H2,1-3H3. The Bertz CT molecular complexity index is 1550. The second-order valence-corrected chi connectivity index (χ2v) is 12.5. The maximum absolute atomic E-state index is 15.3. The molecule has 3 unspecified atom stereocenters. The molecule has 3 aromatic carbocycles. The fourth-order valence-electron chi connectivity index (χ4n) is 5.45. The number of methoxy groups -OCH3 is 1. The number of benzene rings is 3. The second-order valence-electron chi connectivity index (χ2n) is 10.5. The van der Waals surface area contributed by atoms with Crippen molar-refractivity contribution in [2.75, 3.05) is 18.0 Å². The fraction of sp³-hybridized carbons (Fsp3) is 0.333. The van der Waals surface area contributed by atoms with Crippen molar-refractivity contribution in [3.63, 3.8) is 0 Å². The van der Waals surface area contributed by atoms with Gasteiger partial charge in [-0.15, -0.1) is 0 Å². The van der Waals surface area contributed by atoms with Crippen LogP contribution in [0.1, 0.15) is 37.8 Å². The van der Waals surface area contributed by atoms with E-state index in [4.69, 9.17) is 9.47 Å². The first-order chi connectivity index (χ1) is 19.0. The van der Waals surface area contributed by atoms with Crippen molar-refractivity contribution in [2.24, 2.45) is 5.92 Å². The Kier molecular flexibility index (Phi) is 7.50. The quantitative estimate of drug-likeness (QED) is 0.341. The number of ether oxygens (including phenoxy) is 2. The van der Waals surface area contributed by atoms with Crippen molar-refractivity contribution >= 4 is 26.9 Å². The van der Waals surface area contributed by atoms with Gasteiger partial charge in [-0.2, -0.15) is 0 Å². The molecule has 2 N–H and O–H groups in total. The molecular formula is C30H31F2NO6S. The van der Waals surface area contributed by atoms with Gasteiger partial charge in [0.15, 0.2) is 0 Å². The van der Waals surface area contributed by atoms with Crippen LogP contribution in [0.15, 0.2) is 60.7 Å². The van der Waals surface area contributed by atoms with Crippen LogP contribution in [-0.2, 0) is 14.8 Å². The minimum Gasteiger partial charge on any atom is -0.508 e. The van der Waals surface area contributed by atoms with Gasteiger partial charge in [0.25, 0.3) is 0 Å². The van der Waals surface area contributed by atoms with E-state index < -0.39 is 39.1 Å². The molecule has 0 aliphatic carbocycles. The van der Waals surface area contributed by atoms with Crippen LogP contribution in [0, 0.1) is 17.6 Å². The number of hydrogen-bond donors (Lipinski definition) is 2. The molecule has 10 heteroatoms. The van der Waals surface area contributed by atoms with Crippen molar-refractivity contribution in [1.82, 2.24) is 0 Å². The van der Waals surface area contributed by atoms with Gasteiger partial charge in [0.2, 0.25) is 10.0 Å². The molecule has 5 rings (SSSR count). The Labute approximate surface area is 232 Å². The largest absolute Gasteiger partial charge is 0.508 e. The average molecular weight is 572 g/mol. The molecule has 1 saturated heterocycles. The Morgan fingerprint density at radius 3 is 2.05 bits per heavy atom. The van der Waals surface area contributed by atoms with Crippen LogP contribution in [-0.4, -0.2) is 49.7 Å². The first-order valence-corrected chi connectivity index (χ1v) is 14.5. The molecule has 2 bridgehead atoms. The van der Waals surface area contributed by atoms with Gasteiger partial charge >= 0.3 is 0 Å². The van der Waals surface area contributed by atoms with Crippen molar-refractivity contribution in [1.29, 1.82) is 0 Å². The Morgan fingerprint density at radius 2 is 1.52 bits per heavy atom. The van der Waals surface area contributed by atoms with Gasteiger partial charge < -0.3 is 19.7 Å². The first kappa shape index (κ1) is 27.9. The van der Waals surface area contributed by atoms with Gasteiger partial charge in [-0.3, -0.25) is 4.31 Å². The molecule has 0 spiro atoms. The number of halogens is 2. The van der Waals surface area contributed by atoms with Crippen LogP contribution < -0.4 is 9.04 Å². The molecule has 40 heavy (non-hydrogen) atoms. The van der Waals surface area contributed by atoms with E-state index in [0.717, 1.165) is 12.1 Å². The van der Waals surface area contributed by atoms with Gasteiger partial charge in [0.05, 0.1) is 18.9 Å². The second kappa shape index (κ2) is 10.7.